The second kappa shape index (κ2) is 18.9. The van der Waals surface area contributed by atoms with Crippen molar-refractivity contribution >= 4 is 47.2 Å². The topological polar surface area (TPSA) is 205 Å². The highest BCUT2D eigenvalue weighted by atomic mass is 19.4. The van der Waals surface area contributed by atoms with Gasteiger partial charge in [0.2, 0.25) is 29.5 Å². The smallest absolute Gasteiger partial charge is 0.458 e. The zero-order valence-electron chi connectivity index (χ0n) is 33.8. The fourth-order valence-electron chi connectivity index (χ4n) is 8.08. The highest BCUT2D eigenvalue weighted by Crippen LogP contribution is 2.28. The van der Waals surface area contributed by atoms with Gasteiger partial charge >= 0.3 is 18.4 Å². The van der Waals surface area contributed by atoms with E-state index in [0.717, 1.165) is 36.4 Å². The van der Waals surface area contributed by atoms with E-state index in [1.807, 2.05) is 0 Å². The Labute approximate surface area is 351 Å². The van der Waals surface area contributed by atoms with Crippen molar-refractivity contribution in [1.82, 2.24) is 30.7 Å². The lowest BCUT2D eigenvalue weighted by molar-refractivity contribution is -0.274. The number of anilines is 1. The zero-order valence-corrected chi connectivity index (χ0v) is 33.8. The van der Waals surface area contributed by atoms with Gasteiger partial charge in [-0.2, -0.15) is 0 Å². The van der Waals surface area contributed by atoms with Gasteiger partial charge in [0, 0.05) is 37.8 Å². The summed E-state index contributed by atoms with van der Waals surface area (Å²) in [5, 5.41) is 9.86. The molecule has 0 radical (unpaired) electrons. The quantitative estimate of drug-likeness (QED) is 0.235. The van der Waals surface area contributed by atoms with Crippen molar-refractivity contribution in [3.8, 4) is 5.75 Å². The van der Waals surface area contributed by atoms with Crippen molar-refractivity contribution in [3.63, 3.8) is 0 Å². The number of hydrogen-bond acceptors (Lipinski definition) is 10. The highest BCUT2D eigenvalue weighted by Gasteiger charge is 2.47. The van der Waals surface area contributed by atoms with Crippen LogP contribution < -0.4 is 26.0 Å². The van der Waals surface area contributed by atoms with Crippen LogP contribution in [-0.4, -0.2) is 138 Å². The van der Waals surface area contributed by atoms with Crippen molar-refractivity contribution in [3.05, 3.63) is 59.7 Å². The Kier molecular flexibility index (Phi) is 13.9. The number of nitrogens with one attached hydrogen (secondary N) is 4. The zero-order chi connectivity index (χ0) is 45.0. The summed E-state index contributed by atoms with van der Waals surface area (Å²) in [5.41, 5.74) is -0.154. The number of rotatable bonds is 7. The second-order valence-corrected chi connectivity index (χ2v) is 15.7. The van der Waals surface area contributed by atoms with E-state index < -0.39 is 114 Å². The molecular formula is C40H46F5N7O10. The first kappa shape index (κ1) is 45.5. The molecule has 4 aliphatic heterocycles. The molecule has 0 aliphatic carbocycles. The van der Waals surface area contributed by atoms with Crippen LogP contribution in [-0.2, 0) is 44.7 Å². The number of carbonyl (C=O) groups excluding carboxylic acids is 7. The molecule has 2 aromatic rings. The third kappa shape index (κ3) is 10.9. The Hall–Kier alpha value is -6.06. The second-order valence-electron chi connectivity index (χ2n) is 15.7. The number of halogens is 5. The molecule has 4 aliphatic rings. The fraction of sp³-hybridized carbons (Fsp3) is 0.525. The summed E-state index contributed by atoms with van der Waals surface area (Å²) in [7, 11) is 0. The molecule has 4 saturated heterocycles. The predicted molar refractivity (Wildman–Crippen MR) is 205 cm³/mol. The van der Waals surface area contributed by atoms with E-state index in [-0.39, 0.29) is 62.9 Å². The first-order valence-corrected chi connectivity index (χ1v) is 20.0. The number of cyclic esters (lactones) is 1. The SMILES string of the molecule is C[C@@H]1C[C@H]2C(=O)O[C@@H](C)[C@H](NC(=O)[C@H](Cc3cc(F)cc(F)c3)NC(=O)Nc3ccc(OC(F)(F)F)cc3)C(=O)N3CCC[C@H]3C(=O)N3CCOC[C@H]3C(=O)N[C@@H](C)C(=O)N2C1. The molecule has 4 heterocycles. The minimum Gasteiger partial charge on any atom is -0.458 e. The Morgan fingerprint density at radius 1 is 0.887 bits per heavy atom. The Morgan fingerprint density at radius 3 is 2.24 bits per heavy atom. The van der Waals surface area contributed by atoms with Crippen LogP contribution in [0, 0.1) is 17.6 Å². The van der Waals surface area contributed by atoms with Crippen molar-refractivity contribution < 1.29 is 69.7 Å². The van der Waals surface area contributed by atoms with Crippen LogP contribution >= 0.6 is 0 Å². The molecule has 22 heteroatoms. The number of esters is 1. The van der Waals surface area contributed by atoms with Crippen molar-refractivity contribution in [2.45, 2.75) is 95.2 Å². The van der Waals surface area contributed by atoms with E-state index in [0.29, 0.717) is 12.5 Å². The summed E-state index contributed by atoms with van der Waals surface area (Å²) in [6, 6.07) is -2.77. The molecule has 4 fully saturated rings. The van der Waals surface area contributed by atoms with Crippen molar-refractivity contribution in [2.24, 2.45) is 5.92 Å². The maximum Gasteiger partial charge on any atom is 0.573 e. The van der Waals surface area contributed by atoms with E-state index >= 15 is 0 Å². The van der Waals surface area contributed by atoms with Crippen molar-refractivity contribution in [1.29, 1.82) is 0 Å². The number of alkyl halides is 3. The lowest BCUT2D eigenvalue weighted by atomic mass is 10.0. The first-order chi connectivity index (χ1) is 29.3. The molecule has 0 spiro atoms. The summed E-state index contributed by atoms with van der Waals surface area (Å²) in [4.78, 5) is 101. The van der Waals surface area contributed by atoms with E-state index in [1.54, 1.807) is 6.92 Å². The molecule has 0 bridgehead atoms. The van der Waals surface area contributed by atoms with E-state index in [4.69, 9.17) is 9.47 Å². The third-order valence-corrected chi connectivity index (χ3v) is 11.0. The van der Waals surface area contributed by atoms with E-state index in [9.17, 15) is 55.5 Å². The third-order valence-electron chi connectivity index (χ3n) is 11.0. The lowest BCUT2D eigenvalue weighted by Gasteiger charge is -2.39. The van der Waals surface area contributed by atoms with Crippen LogP contribution in [0.4, 0.5) is 32.4 Å². The standard InChI is InChI=1S/C40H46F5N7O10/c1-20-13-30-38(58)61-22(3)32(37(57)50-10-4-5-29(50)36(56)51-11-12-60-19-31(51)34(54)46-21(2)35(55)52(30)18-20)49-33(53)28(16-23-14-24(41)17-25(42)15-23)48-39(59)47-26-6-8-27(9-7-26)62-40(43,44)45/h6-9,14-15,17,20-22,28-32H,4-5,10-13,16,18-19H2,1-3H3,(H,46,54)(H,49,53)(H2,47,48,59)/t20-,21+,22+,28+,29+,30+,31+,32+/m1/s1. The molecule has 8 atom stereocenters. The van der Waals surface area contributed by atoms with Gasteiger partial charge in [-0.3, -0.25) is 24.0 Å². The van der Waals surface area contributed by atoms with E-state index in [2.05, 4.69) is 26.0 Å². The van der Waals surface area contributed by atoms with Gasteiger partial charge in [0.25, 0.3) is 0 Å². The van der Waals surface area contributed by atoms with Crippen LogP contribution in [0.1, 0.15) is 45.6 Å². The summed E-state index contributed by atoms with van der Waals surface area (Å²) >= 11 is 0. The number of fused-ring (bicyclic) bond motifs is 3. The summed E-state index contributed by atoms with van der Waals surface area (Å²) in [6.07, 6.45) is -6.37. The lowest BCUT2D eigenvalue weighted by Crippen LogP contribution is -2.64. The largest absolute Gasteiger partial charge is 0.573 e. The van der Waals surface area contributed by atoms with Crippen LogP contribution in [0.3, 0.4) is 0 Å². The molecule has 0 saturated carbocycles. The van der Waals surface area contributed by atoms with Gasteiger partial charge in [0.1, 0.15) is 59.7 Å². The molecule has 0 aromatic heterocycles. The molecule has 6 rings (SSSR count). The number of hydrogen-bond donors (Lipinski definition) is 4. The van der Waals surface area contributed by atoms with Gasteiger partial charge < -0.3 is 50.2 Å². The number of benzene rings is 2. The molecule has 0 unspecified atom stereocenters. The molecule has 17 nitrogen and oxygen atoms in total. The van der Waals surface area contributed by atoms with Gasteiger partial charge in [-0.1, -0.05) is 6.92 Å². The van der Waals surface area contributed by atoms with Gasteiger partial charge in [0.15, 0.2) is 0 Å². The Balaban J connectivity index is 1.32. The van der Waals surface area contributed by atoms with Gasteiger partial charge in [-0.25, -0.2) is 18.4 Å². The van der Waals surface area contributed by atoms with E-state index in [1.165, 1.54) is 28.5 Å². The number of ether oxygens (including phenoxy) is 3. The van der Waals surface area contributed by atoms with Crippen molar-refractivity contribution in [2.75, 3.05) is 38.2 Å². The van der Waals surface area contributed by atoms with Gasteiger partial charge in [0.05, 0.1) is 13.2 Å². The van der Waals surface area contributed by atoms with Crippen LogP contribution in [0.2, 0.25) is 0 Å². The first-order valence-electron chi connectivity index (χ1n) is 20.0. The average molecular weight is 880 g/mol. The Morgan fingerprint density at radius 2 is 1.56 bits per heavy atom. The van der Waals surface area contributed by atoms with Crippen LogP contribution in [0.15, 0.2) is 42.5 Å². The summed E-state index contributed by atoms with van der Waals surface area (Å²) in [6.45, 7) is 4.57. The van der Waals surface area contributed by atoms with Gasteiger partial charge in [-0.05, 0) is 81.0 Å². The molecule has 7 amide bonds. The minimum atomic E-state index is -4.98. The van der Waals surface area contributed by atoms with Crippen LogP contribution in [0.25, 0.3) is 0 Å². The molecular weight excluding hydrogens is 833 g/mol. The molecule has 336 valence electrons. The molecule has 62 heavy (non-hydrogen) atoms. The predicted octanol–water partition coefficient (Wildman–Crippen LogP) is 1.99. The Bertz CT molecular complexity index is 2040. The number of carbonyl (C=O) groups is 7. The molecule has 4 N–H and O–H groups in total. The van der Waals surface area contributed by atoms with Crippen LogP contribution in [0.5, 0.6) is 5.75 Å². The normalized spacial score (nSPS) is 26.7. The summed E-state index contributed by atoms with van der Waals surface area (Å²) in [5.74, 6) is -7.59. The number of morpholine rings is 1. The number of urea groups is 1. The monoisotopic (exact) mass is 879 g/mol. The number of nitrogens with zero attached hydrogens (tertiary/aromatic N) is 3. The number of amides is 7. The minimum absolute atomic E-state index is 0.0146. The molecule has 2 aromatic carbocycles. The maximum atomic E-state index is 14.7. The van der Waals surface area contributed by atoms with Gasteiger partial charge in [-0.15, -0.1) is 13.2 Å². The average Bonchev–Trinajstić information content (AvgIpc) is 3.85. The highest BCUT2D eigenvalue weighted by molar-refractivity contribution is 5.99. The summed E-state index contributed by atoms with van der Waals surface area (Å²) < 4.78 is 81.9. The maximum absolute atomic E-state index is 14.7. The fourth-order valence-corrected chi connectivity index (χ4v) is 8.08.